The third-order valence-electron chi connectivity index (χ3n) is 5.58. The van der Waals surface area contributed by atoms with E-state index in [9.17, 15) is 14.3 Å². The number of hydrogen-bond donors (Lipinski definition) is 3. The lowest BCUT2D eigenvalue weighted by Gasteiger charge is -2.20. The van der Waals surface area contributed by atoms with Crippen LogP contribution in [0.4, 0.5) is 14.9 Å². The fourth-order valence-corrected chi connectivity index (χ4v) is 4.49. The highest BCUT2D eigenvalue weighted by atomic mass is 32.2. The standard InChI is InChI=1S/C23H31FN2O3S/c1-13(2)16-10-15(24)11-17(14(3)4)21(16)25-22(27)26-30-20-12-18-19(29-20)8-6-7-9-23(18,5)28/h10-14,28H,6-9H2,1-5H3,(H2,25,26,27). The van der Waals surface area contributed by atoms with Crippen molar-refractivity contribution in [3.8, 4) is 0 Å². The van der Waals surface area contributed by atoms with Crippen LogP contribution < -0.4 is 10.0 Å². The Bertz CT molecular complexity index is 892. The summed E-state index contributed by atoms with van der Waals surface area (Å²) in [7, 11) is 0. The van der Waals surface area contributed by atoms with Crippen molar-refractivity contribution in [1.29, 1.82) is 0 Å². The first-order valence-electron chi connectivity index (χ1n) is 10.5. The van der Waals surface area contributed by atoms with Crippen LogP contribution in [0.15, 0.2) is 27.7 Å². The van der Waals surface area contributed by atoms with E-state index in [0.29, 0.717) is 17.2 Å². The summed E-state index contributed by atoms with van der Waals surface area (Å²) in [5, 5.41) is 14.1. The number of aryl methyl sites for hydroxylation is 1. The molecule has 0 aliphatic heterocycles. The Labute approximate surface area is 182 Å². The van der Waals surface area contributed by atoms with Gasteiger partial charge in [0.05, 0.1) is 5.60 Å². The zero-order chi connectivity index (χ0) is 22.1. The lowest BCUT2D eigenvalue weighted by molar-refractivity contribution is 0.0468. The third kappa shape index (κ3) is 5.01. The second-order valence-electron chi connectivity index (χ2n) is 8.81. The van der Waals surface area contributed by atoms with Gasteiger partial charge in [-0.15, -0.1) is 0 Å². The second-order valence-corrected chi connectivity index (χ2v) is 9.62. The monoisotopic (exact) mass is 434 g/mol. The molecule has 1 aromatic heterocycles. The van der Waals surface area contributed by atoms with Gasteiger partial charge in [-0.25, -0.2) is 9.18 Å². The number of amides is 2. The Kier molecular flexibility index (Phi) is 6.82. The molecule has 3 N–H and O–H groups in total. The second kappa shape index (κ2) is 9.02. The number of rotatable bonds is 5. The summed E-state index contributed by atoms with van der Waals surface area (Å²) in [6.45, 7) is 9.69. The summed E-state index contributed by atoms with van der Waals surface area (Å²) in [6, 6.07) is 4.35. The van der Waals surface area contributed by atoms with Crippen molar-refractivity contribution in [3.63, 3.8) is 0 Å². The van der Waals surface area contributed by atoms with Gasteiger partial charge in [-0.05, 0) is 67.3 Å². The Morgan fingerprint density at radius 2 is 1.80 bits per heavy atom. The summed E-state index contributed by atoms with van der Waals surface area (Å²) < 4.78 is 22.7. The number of aliphatic hydroxyl groups is 1. The molecule has 1 aromatic carbocycles. The fourth-order valence-electron chi connectivity index (χ4n) is 3.93. The van der Waals surface area contributed by atoms with Crippen molar-refractivity contribution < 1.29 is 18.7 Å². The van der Waals surface area contributed by atoms with Gasteiger partial charge in [0.25, 0.3) is 0 Å². The molecular weight excluding hydrogens is 403 g/mol. The van der Waals surface area contributed by atoms with E-state index < -0.39 is 11.6 Å². The first-order valence-corrected chi connectivity index (χ1v) is 11.3. The molecule has 3 rings (SSSR count). The Hall–Kier alpha value is -1.99. The molecule has 0 saturated carbocycles. The van der Waals surface area contributed by atoms with Crippen molar-refractivity contribution in [2.45, 2.75) is 82.8 Å². The Morgan fingerprint density at radius 1 is 1.17 bits per heavy atom. The predicted octanol–water partition coefficient (Wildman–Crippen LogP) is 6.43. The zero-order valence-electron chi connectivity index (χ0n) is 18.3. The van der Waals surface area contributed by atoms with Crippen molar-refractivity contribution >= 4 is 23.7 Å². The van der Waals surface area contributed by atoms with Gasteiger partial charge in [-0.1, -0.05) is 27.7 Å². The molecule has 1 atom stereocenters. The van der Waals surface area contributed by atoms with E-state index in [4.69, 9.17) is 4.42 Å². The quantitative estimate of drug-likeness (QED) is 0.374. The van der Waals surface area contributed by atoms with Gasteiger partial charge in [0.1, 0.15) is 11.6 Å². The molecular formula is C23H31FN2O3S. The van der Waals surface area contributed by atoms with Crippen LogP contribution in [0.3, 0.4) is 0 Å². The minimum Gasteiger partial charge on any atom is -0.453 e. The summed E-state index contributed by atoms with van der Waals surface area (Å²) in [6.07, 6.45) is 3.39. The number of urea groups is 1. The molecule has 0 bridgehead atoms. The van der Waals surface area contributed by atoms with Crippen molar-refractivity contribution in [2.24, 2.45) is 0 Å². The van der Waals surface area contributed by atoms with Gasteiger partial charge in [0.15, 0.2) is 5.09 Å². The number of benzene rings is 1. The van der Waals surface area contributed by atoms with E-state index in [2.05, 4.69) is 10.0 Å². The van der Waals surface area contributed by atoms with Gasteiger partial charge >= 0.3 is 6.03 Å². The molecule has 1 heterocycles. The van der Waals surface area contributed by atoms with E-state index in [-0.39, 0.29) is 17.7 Å². The van der Waals surface area contributed by atoms with Crippen molar-refractivity contribution in [2.75, 3.05) is 5.32 Å². The summed E-state index contributed by atoms with van der Waals surface area (Å²) in [5.74, 6) is 0.602. The largest absolute Gasteiger partial charge is 0.453 e. The van der Waals surface area contributed by atoms with Gasteiger partial charge in [0.2, 0.25) is 0 Å². The lowest BCUT2D eigenvalue weighted by atomic mass is 9.92. The maximum Gasteiger partial charge on any atom is 0.329 e. The topological polar surface area (TPSA) is 74.5 Å². The first kappa shape index (κ1) is 22.7. The van der Waals surface area contributed by atoms with Crippen LogP contribution >= 0.6 is 11.9 Å². The van der Waals surface area contributed by atoms with Crippen LogP contribution in [0.25, 0.3) is 0 Å². The van der Waals surface area contributed by atoms with Crippen LogP contribution in [0.1, 0.15) is 88.2 Å². The average molecular weight is 435 g/mol. The van der Waals surface area contributed by atoms with Gasteiger partial charge in [0, 0.05) is 29.6 Å². The molecule has 1 aliphatic rings. The van der Waals surface area contributed by atoms with E-state index >= 15 is 0 Å². The SMILES string of the molecule is CC(C)c1cc(F)cc(C(C)C)c1NC(=O)NSc1cc2c(o1)CCCCC2(C)O. The highest BCUT2D eigenvalue weighted by Crippen LogP contribution is 2.38. The molecule has 0 fully saturated rings. The molecule has 1 unspecified atom stereocenters. The van der Waals surface area contributed by atoms with Crippen LogP contribution in [0.5, 0.6) is 0 Å². The molecule has 0 saturated heterocycles. The number of halogens is 1. The summed E-state index contributed by atoms with van der Waals surface area (Å²) in [5.41, 5.74) is 2.06. The summed E-state index contributed by atoms with van der Waals surface area (Å²) in [4.78, 5) is 12.6. The normalized spacial score (nSPS) is 19.0. The molecule has 5 nitrogen and oxygen atoms in total. The van der Waals surface area contributed by atoms with Gasteiger partial charge < -0.3 is 14.8 Å². The molecule has 1 aliphatic carbocycles. The summed E-state index contributed by atoms with van der Waals surface area (Å²) >= 11 is 1.07. The van der Waals surface area contributed by atoms with Crippen molar-refractivity contribution in [3.05, 3.63) is 46.5 Å². The first-order chi connectivity index (χ1) is 14.1. The number of carbonyl (C=O) groups is 1. The number of hydrogen-bond acceptors (Lipinski definition) is 4. The van der Waals surface area contributed by atoms with Crippen LogP contribution in [0, 0.1) is 5.82 Å². The van der Waals surface area contributed by atoms with Crippen LogP contribution in [0.2, 0.25) is 0 Å². The third-order valence-corrected chi connectivity index (χ3v) is 6.26. The van der Waals surface area contributed by atoms with Crippen LogP contribution in [-0.2, 0) is 12.0 Å². The van der Waals surface area contributed by atoms with Crippen molar-refractivity contribution in [1.82, 2.24) is 4.72 Å². The smallest absolute Gasteiger partial charge is 0.329 e. The molecule has 0 spiro atoms. The lowest BCUT2D eigenvalue weighted by Crippen LogP contribution is -2.24. The van der Waals surface area contributed by atoms with E-state index in [0.717, 1.165) is 53.7 Å². The van der Waals surface area contributed by atoms with E-state index in [1.54, 1.807) is 6.92 Å². The molecule has 164 valence electrons. The van der Waals surface area contributed by atoms with E-state index in [1.807, 2.05) is 33.8 Å². The van der Waals surface area contributed by atoms with Crippen LogP contribution in [-0.4, -0.2) is 11.1 Å². The maximum atomic E-state index is 14.1. The number of furan rings is 1. The average Bonchev–Trinajstić information content (AvgIpc) is 3.02. The number of carbonyl (C=O) groups excluding carboxylic acids is 1. The number of anilines is 1. The molecule has 7 heteroatoms. The van der Waals surface area contributed by atoms with E-state index in [1.165, 1.54) is 12.1 Å². The minimum absolute atomic E-state index is 0.0594. The maximum absolute atomic E-state index is 14.1. The Morgan fingerprint density at radius 3 is 2.40 bits per heavy atom. The van der Waals surface area contributed by atoms with Gasteiger partial charge in [-0.2, -0.15) is 0 Å². The number of fused-ring (bicyclic) bond motifs is 1. The molecule has 0 radical (unpaired) electrons. The highest BCUT2D eigenvalue weighted by molar-refractivity contribution is 7.97. The molecule has 2 amide bonds. The Balaban J connectivity index is 1.75. The fraction of sp³-hybridized carbons (Fsp3) is 0.522. The van der Waals surface area contributed by atoms with Gasteiger partial charge in [-0.3, -0.25) is 4.72 Å². The molecule has 30 heavy (non-hydrogen) atoms. The predicted molar refractivity (Wildman–Crippen MR) is 118 cm³/mol. The highest BCUT2D eigenvalue weighted by Gasteiger charge is 2.31. The zero-order valence-corrected chi connectivity index (χ0v) is 19.1. The minimum atomic E-state index is -0.914. The molecule has 2 aromatic rings. The number of nitrogens with one attached hydrogen (secondary N) is 2.